The van der Waals surface area contributed by atoms with Crippen molar-refractivity contribution < 1.29 is 4.79 Å². The molecule has 3 heteroatoms. The van der Waals surface area contributed by atoms with Crippen LogP contribution >= 0.6 is 0 Å². The minimum absolute atomic E-state index is 0.0646. The summed E-state index contributed by atoms with van der Waals surface area (Å²) in [4.78, 5) is 17.5. The minimum atomic E-state index is 0.0646. The summed E-state index contributed by atoms with van der Waals surface area (Å²) in [6, 6.07) is 15.6. The fourth-order valence-corrected chi connectivity index (χ4v) is 3.01. The number of carbonyl (C=O) groups excluding carboxylic acids is 1. The lowest BCUT2D eigenvalue weighted by molar-refractivity contribution is 0.104. The lowest BCUT2D eigenvalue weighted by atomic mass is 10.0. The predicted octanol–water partition coefficient (Wildman–Crippen LogP) is 3.88. The quantitative estimate of drug-likeness (QED) is 0.603. The van der Waals surface area contributed by atoms with Crippen molar-refractivity contribution >= 4 is 22.4 Å². The molecule has 1 N–H and O–H groups in total. The highest BCUT2D eigenvalue weighted by Gasteiger charge is 2.31. The molecule has 0 radical (unpaired) electrons. The van der Waals surface area contributed by atoms with Gasteiger partial charge in [0.25, 0.3) is 0 Å². The Morgan fingerprint density at radius 3 is 2.52 bits per heavy atom. The number of rotatable bonds is 2. The standard InChI is InChI=1S/C18H14N2O/c1-2-19-16-13-9-5-6-10-14(13)20-17-11-7-3-4-8-12(11)18(21)15(16)17/h3-10H,2H2,1H3,(H,19,20). The Labute approximate surface area is 122 Å². The van der Waals surface area contributed by atoms with Crippen LogP contribution in [-0.2, 0) is 0 Å². The van der Waals surface area contributed by atoms with Crippen LogP contribution in [0.4, 0.5) is 5.69 Å². The third-order valence-corrected chi connectivity index (χ3v) is 3.90. The second-order valence-electron chi connectivity index (χ2n) is 5.13. The first kappa shape index (κ1) is 12.1. The van der Waals surface area contributed by atoms with Crippen molar-refractivity contribution in [3.63, 3.8) is 0 Å². The number of benzene rings is 2. The molecule has 1 aliphatic carbocycles. The lowest BCUT2D eigenvalue weighted by Gasteiger charge is -2.12. The van der Waals surface area contributed by atoms with E-state index in [1.807, 2.05) is 55.5 Å². The van der Waals surface area contributed by atoms with Crippen LogP contribution in [0.3, 0.4) is 0 Å². The fourth-order valence-electron chi connectivity index (χ4n) is 3.01. The fraction of sp³-hybridized carbons (Fsp3) is 0.111. The molecular weight excluding hydrogens is 260 g/mol. The highest BCUT2D eigenvalue weighted by atomic mass is 16.1. The summed E-state index contributed by atoms with van der Waals surface area (Å²) in [5.74, 6) is 0.0646. The number of nitrogens with zero attached hydrogens (tertiary/aromatic N) is 1. The second kappa shape index (κ2) is 4.42. The molecule has 0 saturated heterocycles. The van der Waals surface area contributed by atoms with E-state index in [0.29, 0.717) is 5.56 Å². The van der Waals surface area contributed by atoms with Gasteiger partial charge < -0.3 is 5.32 Å². The first-order chi connectivity index (χ1) is 10.3. The van der Waals surface area contributed by atoms with Crippen molar-refractivity contribution in [1.82, 2.24) is 4.98 Å². The van der Waals surface area contributed by atoms with E-state index in [0.717, 1.165) is 40.0 Å². The van der Waals surface area contributed by atoms with Gasteiger partial charge in [-0.25, -0.2) is 4.98 Å². The third-order valence-electron chi connectivity index (χ3n) is 3.90. The van der Waals surface area contributed by atoms with E-state index in [-0.39, 0.29) is 5.78 Å². The molecule has 1 heterocycles. The van der Waals surface area contributed by atoms with Gasteiger partial charge in [-0.1, -0.05) is 42.5 Å². The van der Waals surface area contributed by atoms with Gasteiger partial charge in [-0.2, -0.15) is 0 Å². The summed E-state index contributed by atoms with van der Waals surface area (Å²) in [5, 5.41) is 4.35. The zero-order chi connectivity index (χ0) is 14.4. The summed E-state index contributed by atoms with van der Waals surface area (Å²) >= 11 is 0. The normalized spacial score (nSPS) is 12.3. The molecule has 3 aromatic rings. The van der Waals surface area contributed by atoms with E-state index < -0.39 is 0 Å². The molecular formula is C18H14N2O. The Hall–Kier alpha value is -2.68. The van der Waals surface area contributed by atoms with Crippen LogP contribution in [0.15, 0.2) is 48.5 Å². The predicted molar refractivity (Wildman–Crippen MR) is 84.8 cm³/mol. The van der Waals surface area contributed by atoms with Crippen molar-refractivity contribution in [2.75, 3.05) is 11.9 Å². The van der Waals surface area contributed by atoms with Crippen molar-refractivity contribution in [2.45, 2.75) is 6.92 Å². The number of anilines is 1. The maximum Gasteiger partial charge on any atom is 0.198 e. The average Bonchev–Trinajstić information content (AvgIpc) is 2.81. The van der Waals surface area contributed by atoms with Crippen LogP contribution in [0.1, 0.15) is 22.8 Å². The van der Waals surface area contributed by atoms with Gasteiger partial charge in [-0.15, -0.1) is 0 Å². The first-order valence-electron chi connectivity index (χ1n) is 7.12. The van der Waals surface area contributed by atoms with Gasteiger partial charge in [0.15, 0.2) is 5.78 Å². The summed E-state index contributed by atoms with van der Waals surface area (Å²) in [6.45, 7) is 2.80. The average molecular weight is 274 g/mol. The smallest absolute Gasteiger partial charge is 0.198 e. The summed E-state index contributed by atoms with van der Waals surface area (Å²) in [7, 11) is 0. The zero-order valence-electron chi connectivity index (χ0n) is 11.7. The number of carbonyl (C=O) groups is 1. The van der Waals surface area contributed by atoms with Gasteiger partial charge >= 0.3 is 0 Å². The number of para-hydroxylation sites is 1. The molecule has 0 fully saturated rings. The summed E-state index contributed by atoms with van der Waals surface area (Å²) in [5.41, 5.74) is 5.00. The number of hydrogen-bond acceptors (Lipinski definition) is 3. The molecule has 0 saturated carbocycles. The van der Waals surface area contributed by atoms with Gasteiger partial charge in [-0.05, 0) is 13.0 Å². The van der Waals surface area contributed by atoms with Crippen molar-refractivity contribution in [3.05, 3.63) is 59.7 Å². The van der Waals surface area contributed by atoms with Crippen LogP contribution in [0.25, 0.3) is 22.2 Å². The van der Waals surface area contributed by atoms with E-state index in [9.17, 15) is 4.79 Å². The van der Waals surface area contributed by atoms with Gasteiger partial charge in [0.05, 0.1) is 22.5 Å². The van der Waals surface area contributed by atoms with Crippen molar-refractivity contribution in [2.24, 2.45) is 0 Å². The lowest BCUT2D eigenvalue weighted by Crippen LogP contribution is -2.06. The molecule has 102 valence electrons. The molecule has 0 spiro atoms. The van der Waals surface area contributed by atoms with Crippen LogP contribution in [-0.4, -0.2) is 17.3 Å². The Bertz CT molecular complexity index is 884. The molecule has 21 heavy (non-hydrogen) atoms. The molecule has 3 nitrogen and oxygen atoms in total. The largest absolute Gasteiger partial charge is 0.384 e. The molecule has 0 unspecified atom stereocenters. The number of aromatic nitrogens is 1. The van der Waals surface area contributed by atoms with Gasteiger partial charge in [0.2, 0.25) is 0 Å². The van der Waals surface area contributed by atoms with Gasteiger partial charge in [0.1, 0.15) is 0 Å². The van der Waals surface area contributed by atoms with Gasteiger partial charge in [0, 0.05) is 23.1 Å². The Morgan fingerprint density at radius 2 is 1.71 bits per heavy atom. The van der Waals surface area contributed by atoms with E-state index in [1.54, 1.807) is 0 Å². The van der Waals surface area contributed by atoms with Crippen LogP contribution in [0, 0.1) is 0 Å². The van der Waals surface area contributed by atoms with E-state index >= 15 is 0 Å². The third kappa shape index (κ3) is 1.61. The second-order valence-corrected chi connectivity index (χ2v) is 5.13. The van der Waals surface area contributed by atoms with Crippen molar-refractivity contribution in [3.8, 4) is 11.3 Å². The topological polar surface area (TPSA) is 42.0 Å². The first-order valence-corrected chi connectivity index (χ1v) is 7.12. The molecule has 0 aliphatic heterocycles. The highest BCUT2D eigenvalue weighted by molar-refractivity contribution is 6.26. The van der Waals surface area contributed by atoms with E-state index in [4.69, 9.17) is 4.98 Å². The molecule has 1 aromatic heterocycles. The molecule has 2 aromatic carbocycles. The van der Waals surface area contributed by atoms with Crippen LogP contribution in [0.2, 0.25) is 0 Å². The summed E-state index contributed by atoms with van der Waals surface area (Å²) < 4.78 is 0. The Balaban J connectivity index is 2.14. The zero-order valence-corrected chi connectivity index (χ0v) is 11.7. The number of ketones is 1. The highest BCUT2D eigenvalue weighted by Crippen LogP contribution is 2.41. The van der Waals surface area contributed by atoms with Crippen LogP contribution < -0.4 is 5.32 Å². The van der Waals surface area contributed by atoms with Crippen molar-refractivity contribution in [1.29, 1.82) is 0 Å². The maximum absolute atomic E-state index is 12.7. The van der Waals surface area contributed by atoms with E-state index in [1.165, 1.54) is 0 Å². The maximum atomic E-state index is 12.7. The van der Waals surface area contributed by atoms with Gasteiger partial charge in [-0.3, -0.25) is 4.79 Å². The Morgan fingerprint density at radius 1 is 1.00 bits per heavy atom. The number of fused-ring (bicyclic) bond motifs is 4. The monoisotopic (exact) mass is 274 g/mol. The summed E-state index contributed by atoms with van der Waals surface area (Å²) in [6.07, 6.45) is 0. The number of hydrogen-bond donors (Lipinski definition) is 1. The van der Waals surface area contributed by atoms with Crippen LogP contribution in [0.5, 0.6) is 0 Å². The minimum Gasteiger partial charge on any atom is -0.384 e. The Kier molecular flexibility index (Phi) is 2.54. The molecule has 0 amide bonds. The molecule has 0 bridgehead atoms. The molecule has 0 atom stereocenters. The number of nitrogens with one attached hydrogen (secondary N) is 1. The molecule has 4 rings (SSSR count). The van der Waals surface area contributed by atoms with E-state index in [2.05, 4.69) is 5.32 Å². The molecule has 1 aliphatic rings. The SMILES string of the molecule is CCNc1c2c(nc3ccccc13)-c1ccccc1C2=O. The number of pyridine rings is 1.